The molecule has 1 fully saturated rings. The van der Waals surface area contributed by atoms with Gasteiger partial charge in [0.15, 0.2) is 5.17 Å². The highest BCUT2D eigenvalue weighted by Crippen LogP contribution is 2.32. The molecular formula is C25H25N3OS. The number of nitrogens with zero attached hydrogens (tertiary/aromatic N) is 3. The second kappa shape index (κ2) is 9.26. The van der Waals surface area contributed by atoms with Gasteiger partial charge in [-0.05, 0) is 35.2 Å². The van der Waals surface area contributed by atoms with E-state index in [4.69, 9.17) is 0 Å². The number of carbonyl (C=O) groups is 1. The molecule has 152 valence electrons. The monoisotopic (exact) mass is 415 g/mol. The molecule has 0 spiro atoms. The van der Waals surface area contributed by atoms with E-state index in [-0.39, 0.29) is 11.2 Å². The summed E-state index contributed by atoms with van der Waals surface area (Å²) in [7, 11) is 0. The zero-order valence-electron chi connectivity index (χ0n) is 17.3. The highest BCUT2D eigenvalue weighted by atomic mass is 32.2. The zero-order valence-corrected chi connectivity index (χ0v) is 18.1. The second-order valence-corrected chi connectivity index (χ2v) is 8.67. The maximum absolute atomic E-state index is 13.1. The van der Waals surface area contributed by atoms with Gasteiger partial charge in [0.1, 0.15) is 0 Å². The molecule has 1 aliphatic rings. The van der Waals surface area contributed by atoms with Gasteiger partial charge in [-0.2, -0.15) is 5.10 Å². The van der Waals surface area contributed by atoms with Crippen LogP contribution in [0.5, 0.6) is 0 Å². The van der Waals surface area contributed by atoms with Gasteiger partial charge in [-0.25, -0.2) is 0 Å². The Labute approximate surface area is 181 Å². The summed E-state index contributed by atoms with van der Waals surface area (Å²) < 4.78 is 0. The third kappa shape index (κ3) is 4.46. The third-order valence-corrected chi connectivity index (χ3v) is 6.44. The average molecular weight is 416 g/mol. The molecule has 1 amide bonds. The largest absolute Gasteiger partial charge is 0.284 e. The van der Waals surface area contributed by atoms with Crippen LogP contribution in [0.15, 0.2) is 76.9 Å². The lowest BCUT2D eigenvalue weighted by molar-refractivity contribution is -0.126. The first-order valence-electron chi connectivity index (χ1n) is 10.3. The van der Waals surface area contributed by atoms with Crippen molar-refractivity contribution in [3.05, 3.63) is 83.4 Å². The molecule has 0 unspecified atom stereocenters. The summed E-state index contributed by atoms with van der Waals surface area (Å²) in [5.41, 5.74) is 3.32. The molecule has 3 aromatic carbocycles. The summed E-state index contributed by atoms with van der Waals surface area (Å²) in [6.45, 7) is 4.67. The molecule has 4 rings (SSSR count). The lowest BCUT2D eigenvalue weighted by Gasteiger charge is -2.17. The SMILES string of the molecule is CCC[C@H]1S/C(=N/N=C\c2ccc(C)cc2)N(Cc2cccc3ccccc23)C1=O. The number of thioether (sulfide) groups is 1. The molecule has 0 saturated carbocycles. The van der Waals surface area contributed by atoms with Crippen LogP contribution in [0.3, 0.4) is 0 Å². The highest BCUT2D eigenvalue weighted by Gasteiger charge is 2.37. The fourth-order valence-electron chi connectivity index (χ4n) is 3.58. The van der Waals surface area contributed by atoms with Gasteiger partial charge in [-0.15, -0.1) is 5.10 Å². The number of carbonyl (C=O) groups excluding carboxylic acids is 1. The molecule has 3 aromatic rings. The van der Waals surface area contributed by atoms with E-state index in [2.05, 4.69) is 48.3 Å². The summed E-state index contributed by atoms with van der Waals surface area (Å²) in [6, 6.07) is 22.6. The average Bonchev–Trinajstić information content (AvgIpc) is 3.05. The fourth-order valence-corrected chi connectivity index (χ4v) is 4.79. The van der Waals surface area contributed by atoms with Gasteiger partial charge >= 0.3 is 0 Å². The van der Waals surface area contributed by atoms with Crippen LogP contribution in [0.25, 0.3) is 10.8 Å². The maximum Gasteiger partial charge on any atom is 0.242 e. The number of amidine groups is 1. The molecule has 4 nitrogen and oxygen atoms in total. The van der Waals surface area contributed by atoms with Gasteiger partial charge < -0.3 is 0 Å². The van der Waals surface area contributed by atoms with Gasteiger partial charge in [0.25, 0.3) is 0 Å². The van der Waals surface area contributed by atoms with Crippen LogP contribution >= 0.6 is 11.8 Å². The number of aryl methyl sites for hydroxylation is 1. The van der Waals surface area contributed by atoms with E-state index in [1.54, 1.807) is 11.1 Å². The predicted octanol–water partition coefficient (Wildman–Crippen LogP) is 5.78. The van der Waals surface area contributed by atoms with Crippen molar-refractivity contribution in [3.63, 3.8) is 0 Å². The molecule has 1 aliphatic heterocycles. The lowest BCUT2D eigenvalue weighted by Crippen LogP contribution is -2.31. The Balaban J connectivity index is 1.62. The summed E-state index contributed by atoms with van der Waals surface area (Å²) in [4.78, 5) is 14.9. The zero-order chi connectivity index (χ0) is 20.9. The Kier molecular flexibility index (Phi) is 6.29. The van der Waals surface area contributed by atoms with Crippen molar-refractivity contribution in [2.75, 3.05) is 0 Å². The van der Waals surface area contributed by atoms with Crippen LogP contribution in [0.4, 0.5) is 0 Å². The lowest BCUT2D eigenvalue weighted by atomic mass is 10.0. The van der Waals surface area contributed by atoms with Crippen LogP contribution in [-0.4, -0.2) is 27.4 Å². The summed E-state index contributed by atoms with van der Waals surface area (Å²) in [5, 5.41) is 11.7. The van der Waals surface area contributed by atoms with Crippen LogP contribution < -0.4 is 0 Å². The molecule has 1 atom stereocenters. The normalized spacial score (nSPS) is 18.2. The number of hydrogen-bond acceptors (Lipinski definition) is 4. The van der Waals surface area contributed by atoms with E-state index in [1.165, 1.54) is 28.1 Å². The molecule has 0 bridgehead atoms. The molecular weight excluding hydrogens is 390 g/mol. The number of rotatable bonds is 6. The number of amides is 1. The van der Waals surface area contributed by atoms with Gasteiger partial charge in [0.05, 0.1) is 18.0 Å². The standard InChI is InChI=1S/C25H25N3OS/c1-3-7-23-24(29)28(17-21-10-6-9-20-8-4-5-11-22(20)21)25(30-23)27-26-16-19-14-12-18(2)13-15-19/h4-6,8-16,23H,3,7,17H2,1-2H3/b26-16-,27-25+/t23-/m1/s1. The van der Waals surface area contributed by atoms with Crippen molar-refractivity contribution in [2.45, 2.75) is 38.5 Å². The van der Waals surface area contributed by atoms with Crippen molar-refractivity contribution in [1.82, 2.24) is 4.90 Å². The first-order chi connectivity index (χ1) is 14.7. The van der Waals surface area contributed by atoms with Gasteiger partial charge in [-0.3, -0.25) is 9.69 Å². The Morgan fingerprint density at radius 3 is 2.60 bits per heavy atom. The van der Waals surface area contributed by atoms with Crippen molar-refractivity contribution < 1.29 is 4.79 Å². The number of hydrogen-bond donors (Lipinski definition) is 0. The van der Waals surface area contributed by atoms with Crippen LogP contribution in [-0.2, 0) is 11.3 Å². The van der Waals surface area contributed by atoms with E-state index in [9.17, 15) is 4.79 Å². The molecule has 1 saturated heterocycles. The molecule has 0 radical (unpaired) electrons. The Bertz CT molecular complexity index is 1100. The van der Waals surface area contributed by atoms with Crippen LogP contribution in [0.2, 0.25) is 0 Å². The maximum atomic E-state index is 13.1. The van der Waals surface area contributed by atoms with E-state index < -0.39 is 0 Å². The minimum Gasteiger partial charge on any atom is -0.284 e. The number of benzene rings is 3. The number of fused-ring (bicyclic) bond motifs is 1. The third-order valence-electron chi connectivity index (χ3n) is 5.21. The van der Waals surface area contributed by atoms with E-state index in [1.807, 2.05) is 42.5 Å². The van der Waals surface area contributed by atoms with Gasteiger partial charge in [-0.1, -0.05) is 97.4 Å². The molecule has 1 heterocycles. The van der Waals surface area contributed by atoms with E-state index >= 15 is 0 Å². The fraction of sp³-hybridized carbons (Fsp3) is 0.240. The molecule has 30 heavy (non-hydrogen) atoms. The summed E-state index contributed by atoms with van der Waals surface area (Å²) >= 11 is 1.53. The van der Waals surface area contributed by atoms with Crippen molar-refractivity contribution >= 4 is 39.8 Å². The van der Waals surface area contributed by atoms with Crippen molar-refractivity contribution in [3.8, 4) is 0 Å². The van der Waals surface area contributed by atoms with E-state index in [0.717, 1.165) is 24.0 Å². The van der Waals surface area contributed by atoms with Crippen molar-refractivity contribution in [2.24, 2.45) is 10.2 Å². The molecule has 0 N–H and O–H groups in total. The first kappa shape index (κ1) is 20.4. The molecule has 5 heteroatoms. The first-order valence-corrected chi connectivity index (χ1v) is 11.2. The van der Waals surface area contributed by atoms with Gasteiger partial charge in [0, 0.05) is 0 Å². The Hall–Kier alpha value is -2.92. The minimum absolute atomic E-state index is 0.0849. The molecule has 0 aliphatic carbocycles. The smallest absolute Gasteiger partial charge is 0.242 e. The summed E-state index contributed by atoms with van der Waals surface area (Å²) in [6.07, 6.45) is 3.54. The van der Waals surface area contributed by atoms with Crippen LogP contribution in [0.1, 0.15) is 36.5 Å². The Morgan fingerprint density at radius 2 is 1.80 bits per heavy atom. The van der Waals surface area contributed by atoms with Crippen LogP contribution in [0, 0.1) is 6.92 Å². The van der Waals surface area contributed by atoms with Gasteiger partial charge in [0.2, 0.25) is 5.91 Å². The topological polar surface area (TPSA) is 45.0 Å². The Morgan fingerprint density at radius 1 is 1.03 bits per heavy atom. The molecule has 0 aromatic heterocycles. The minimum atomic E-state index is -0.0849. The quantitative estimate of drug-likeness (QED) is 0.378. The van der Waals surface area contributed by atoms with E-state index in [0.29, 0.717) is 11.7 Å². The summed E-state index contributed by atoms with van der Waals surface area (Å²) in [5.74, 6) is 0.124. The second-order valence-electron chi connectivity index (χ2n) is 7.50. The predicted molar refractivity (Wildman–Crippen MR) is 127 cm³/mol. The van der Waals surface area contributed by atoms with Crippen molar-refractivity contribution in [1.29, 1.82) is 0 Å². The highest BCUT2D eigenvalue weighted by molar-refractivity contribution is 8.15.